The first-order valence-corrected chi connectivity index (χ1v) is 12.0. The van der Waals surface area contributed by atoms with Gasteiger partial charge in [-0.2, -0.15) is 4.98 Å². The van der Waals surface area contributed by atoms with Crippen LogP contribution in [0.2, 0.25) is 0 Å². The first kappa shape index (κ1) is 19.7. The molecule has 156 valence electrons. The molecule has 0 aliphatic carbocycles. The number of nitrogens with zero attached hydrogens (tertiary/aromatic N) is 4. The molecule has 1 fully saturated rings. The summed E-state index contributed by atoms with van der Waals surface area (Å²) in [5, 5.41) is 4.74. The summed E-state index contributed by atoms with van der Waals surface area (Å²) >= 11 is 3.04. The summed E-state index contributed by atoms with van der Waals surface area (Å²) in [6.07, 6.45) is 4.80. The lowest BCUT2D eigenvalue weighted by Gasteiger charge is -2.28. The molecule has 5 rings (SSSR count). The zero-order valence-corrected chi connectivity index (χ0v) is 18.2. The Bertz CT molecular complexity index is 1050. The molecular weight excluding hydrogens is 418 g/mol. The van der Waals surface area contributed by atoms with Crippen LogP contribution in [0, 0.1) is 0 Å². The number of fused-ring (bicyclic) bond motifs is 2. The number of benzene rings is 1. The minimum absolute atomic E-state index is 0.000335. The van der Waals surface area contributed by atoms with Crippen LogP contribution < -0.4 is 10.2 Å². The molecule has 0 bridgehead atoms. The van der Waals surface area contributed by atoms with E-state index in [0.29, 0.717) is 17.9 Å². The van der Waals surface area contributed by atoms with Crippen LogP contribution in [0.3, 0.4) is 0 Å². The van der Waals surface area contributed by atoms with Gasteiger partial charge in [-0.3, -0.25) is 4.79 Å². The van der Waals surface area contributed by atoms with E-state index in [-0.39, 0.29) is 12.0 Å². The van der Waals surface area contributed by atoms with Crippen molar-refractivity contribution in [2.75, 3.05) is 30.3 Å². The maximum Gasteiger partial charge on any atom is 0.230 e. The Hall–Kier alpha value is -2.23. The van der Waals surface area contributed by atoms with Gasteiger partial charge in [0.25, 0.3) is 0 Å². The quantitative estimate of drug-likeness (QED) is 0.465. The average Bonchev–Trinajstić information content (AvgIpc) is 3.46. The number of anilines is 1. The van der Waals surface area contributed by atoms with E-state index in [4.69, 9.17) is 9.72 Å². The molecule has 1 amide bonds. The number of rotatable bonds is 6. The molecule has 30 heavy (non-hydrogen) atoms. The van der Waals surface area contributed by atoms with E-state index in [2.05, 4.69) is 44.5 Å². The molecule has 2 aliphatic rings. The summed E-state index contributed by atoms with van der Waals surface area (Å²) in [5.41, 5.74) is 3.47. The normalized spacial score (nSPS) is 18.5. The van der Waals surface area contributed by atoms with Crippen molar-refractivity contribution in [2.24, 2.45) is 0 Å². The van der Waals surface area contributed by atoms with Crippen molar-refractivity contribution >= 4 is 44.5 Å². The van der Waals surface area contributed by atoms with Crippen LogP contribution in [-0.2, 0) is 22.5 Å². The summed E-state index contributed by atoms with van der Waals surface area (Å²) in [4.78, 5) is 28.0. The Morgan fingerprint density at radius 2 is 2.20 bits per heavy atom. The van der Waals surface area contributed by atoms with Crippen molar-refractivity contribution in [3.8, 4) is 0 Å². The van der Waals surface area contributed by atoms with Crippen molar-refractivity contribution in [2.45, 2.75) is 36.9 Å². The van der Waals surface area contributed by atoms with E-state index in [1.807, 2.05) is 0 Å². The third-order valence-electron chi connectivity index (χ3n) is 5.44. The third kappa shape index (κ3) is 4.28. The van der Waals surface area contributed by atoms with Crippen molar-refractivity contribution in [1.82, 2.24) is 20.3 Å². The van der Waals surface area contributed by atoms with E-state index in [0.717, 1.165) is 53.8 Å². The lowest BCUT2D eigenvalue weighted by Crippen LogP contribution is -2.32. The number of ether oxygens (including phenoxy) is 1. The fraction of sp³-hybridized carbons (Fsp3) is 0.429. The number of hydrogen-bond acceptors (Lipinski definition) is 8. The smallest absolute Gasteiger partial charge is 0.230 e. The van der Waals surface area contributed by atoms with Gasteiger partial charge in [0, 0.05) is 26.2 Å². The summed E-state index contributed by atoms with van der Waals surface area (Å²) < 4.78 is 6.50. The van der Waals surface area contributed by atoms with E-state index in [9.17, 15) is 4.79 Å². The van der Waals surface area contributed by atoms with Gasteiger partial charge in [0.2, 0.25) is 5.91 Å². The van der Waals surface area contributed by atoms with Crippen LogP contribution in [0.1, 0.15) is 24.0 Å². The van der Waals surface area contributed by atoms with E-state index < -0.39 is 0 Å². The highest BCUT2D eigenvalue weighted by atomic mass is 32.2. The van der Waals surface area contributed by atoms with Crippen LogP contribution in [0.25, 0.3) is 10.3 Å². The molecule has 9 heteroatoms. The Morgan fingerprint density at radius 1 is 1.30 bits per heavy atom. The number of nitrogens with one attached hydrogen (secondary N) is 1. The average molecular weight is 442 g/mol. The standard InChI is InChI=1S/C21H23N5O2S2/c27-17(22-10-16-6-3-9-28-16)12-29-20-18-19(23-13-24-20)25-21(30-18)26-8-7-14-4-1-2-5-15(14)11-26/h1-2,4-5,13,16H,3,6-12H2,(H,22,27)/t16-/m1/s1. The zero-order chi connectivity index (χ0) is 20.3. The van der Waals surface area contributed by atoms with Gasteiger partial charge >= 0.3 is 0 Å². The summed E-state index contributed by atoms with van der Waals surface area (Å²) in [5.74, 6) is 0.322. The van der Waals surface area contributed by atoms with Gasteiger partial charge in [0.15, 0.2) is 10.8 Å². The molecule has 0 saturated carbocycles. The number of amides is 1. The van der Waals surface area contributed by atoms with Crippen LogP contribution in [0.4, 0.5) is 5.13 Å². The topological polar surface area (TPSA) is 80.2 Å². The molecule has 1 atom stereocenters. The molecule has 2 aromatic heterocycles. The number of thiazole rings is 1. The van der Waals surface area contributed by atoms with Gasteiger partial charge in [-0.1, -0.05) is 47.4 Å². The molecule has 1 aromatic carbocycles. The SMILES string of the molecule is O=C(CSc1ncnc2nc(N3CCc4ccccc4C3)sc12)NC[C@H]1CCCO1. The van der Waals surface area contributed by atoms with Gasteiger partial charge < -0.3 is 15.0 Å². The molecule has 1 N–H and O–H groups in total. The summed E-state index contributed by atoms with van der Waals surface area (Å²) in [6, 6.07) is 8.58. The highest BCUT2D eigenvalue weighted by molar-refractivity contribution is 8.00. The fourth-order valence-electron chi connectivity index (χ4n) is 3.84. The van der Waals surface area contributed by atoms with E-state index in [1.165, 1.54) is 29.2 Å². The second kappa shape index (κ2) is 8.87. The second-order valence-electron chi connectivity index (χ2n) is 7.50. The molecule has 7 nitrogen and oxygen atoms in total. The number of carbonyl (C=O) groups excluding carboxylic acids is 1. The van der Waals surface area contributed by atoms with Gasteiger partial charge in [0.05, 0.1) is 11.9 Å². The Balaban J connectivity index is 1.25. The predicted octanol–water partition coefficient (Wildman–Crippen LogP) is 3.04. The molecule has 1 saturated heterocycles. The van der Waals surface area contributed by atoms with Crippen molar-refractivity contribution < 1.29 is 9.53 Å². The third-order valence-corrected chi connectivity index (χ3v) is 7.67. The molecule has 0 radical (unpaired) electrons. The lowest BCUT2D eigenvalue weighted by atomic mass is 10.0. The van der Waals surface area contributed by atoms with Crippen LogP contribution in [0.15, 0.2) is 35.6 Å². The molecule has 3 aromatic rings. The molecule has 4 heterocycles. The summed E-state index contributed by atoms with van der Waals surface area (Å²) in [6.45, 7) is 3.18. The second-order valence-corrected chi connectivity index (χ2v) is 9.44. The number of hydrogen-bond donors (Lipinski definition) is 1. The Morgan fingerprint density at radius 3 is 3.07 bits per heavy atom. The van der Waals surface area contributed by atoms with Gasteiger partial charge in [-0.15, -0.1) is 0 Å². The highest BCUT2D eigenvalue weighted by Gasteiger charge is 2.21. The number of thioether (sulfide) groups is 1. The zero-order valence-electron chi connectivity index (χ0n) is 16.5. The van der Waals surface area contributed by atoms with Crippen molar-refractivity contribution in [3.63, 3.8) is 0 Å². The monoisotopic (exact) mass is 441 g/mol. The maximum atomic E-state index is 12.2. The van der Waals surface area contributed by atoms with Crippen LogP contribution in [-0.4, -0.2) is 52.4 Å². The molecular formula is C21H23N5O2S2. The van der Waals surface area contributed by atoms with Gasteiger partial charge in [-0.25, -0.2) is 9.97 Å². The van der Waals surface area contributed by atoms with Crippen LogP contribution >= 0.6 is 23.1 Å². The maximum absolute atomic E-state index is 12.2. The van der Waals surface area contributed by atoms with Gasteiger partial charge in [0.1, 0.15) is 16.1 Å². The summed E-state index contributed by atoms with van der Waals surface area (Å²) in [7, 11) is 0. The van der Waals surface area contributed by atoms with Gasteiger partial charge in [-0.05, 0) is 30.4 Å². The fourth-order valence-corrected chi connectivity index (χ4v) is 5.78. The first-order valence-electron chi connectivity index (χ1n) is 10.2. The van der Waals surface area contributed by atoms with E-state index in [1.54, 1.807) is 11.3 Å². The molecule has 0 spiro atoms. The minimum Gasteiger partial charge on any atom is -0.376 e. The minimum atomic E-state index is -0.000335. The molecule has 0 unspecified atom stereocenters. The Kier molecular flexibility index (Phi) is 5.83. The molecule has 2 aliphatic heterocycles. The van der Waals surface area contributed by atoms with Crippen LogP contribution in [0.5, 0.6) is 0 Å². The number of carbonyl (C=O) groups is 1. The Labute approximate surface area is 183 Å². The van der Waals surface area contributed by atoms with Crippen molar-refractivity contribution in [1.29, 1.82) is 0 Å². The number of aromatic nitrogens is 3. The van der Waals surface area contributed by atoms with Crippen molar-refractivity contribution in [3.05, 3.63) is 41.7 Å². The lowest BCUT2D eigenvalue weighted by molar-refractivity contribution is -0.119. The predicted molar refractivity (Wildman–Crippen MR) is 119 cm³/mol. The highest BCUT2D eigenvalue weighted by Crippen LogP contribution is 2.35. The largest absolute Gasteiger partial charge is 0.376 e. The van der Waals surface area contributed by atoms with E-state index >= 15 is 0 Å². The first-order chi connectivity index (χ1) is 14.8.